The second kappa shape index (κ2) is 4.83. The first-order valence-electron chi connectivity index (χ1n) is 4.19. The summed E-state index contributed by atoms with van der Waals surface area (Å²) in [7, 11) is 0. The van der Waals surface area contributed by atoms with Crippen LogP contribution in [0.25, 0.3) is 0 Å². The van der Waals surface area contributed by atoms with Crippen LogP contribution in [-0.2, 0) is 0 Å². The molecule has 0 aromatic heterocycles. The molecular weight excluding hydrogens is 200 g/mol. The van der Waals surface area contributed by atoms with E-state index in [1.807, 2.05) is 31.2 Å². The van der Waals surface area contributed by atoms with Crippen LogP contribution in [0.3, 0.4) is 0 Å². The molecule has 0 aliphatic rings. The Bertz CT molecular complexity index is 320. The predicted octanol–water partition coefficient (Wildman–Crippen LogP) is 1.18. The van der Waals surface area contributed by atoms with Gasteiger partial charge in [0.25, 0.3) is 0 Å². The SMILES string of the molecule is C[C@@H](N=C(N)NN)c1ccc(Cl)cc1. The standard InChI is InChI=1S/C9H13ClN4/c1-6(13-9(11)14-12)7-2-4-8(10)5-3-7/h2-6H,12H2,1H3,(H3,11,13,14)/t6-/m1/s1. The quantitative estimate of drug-likeness (QED) is 0.298. The summed E-state index contributed by atoms with van der Waals surface area (Å²) in [5.74, 6) is 5.31. The Balaban J connectivity index is 2.79. The lowest BCUT2D eigenvalue weighted by atomic mass is 10.1. The molecule has 0 unspecified atom stereocenters. The van der Waals surface area contributed by atoms with Crippen molar-refractivity contribution >= 4 is 17.6 Å². The molecule has 1 rings (SSSR count). The molecule has 0 saturated carbocycles. The second-order valence-corrected chi connectivity index (χ2v) is 3.32. The maximum Gasteiger partial charge on any atom is 0.203 e. The number of nitrogens with two attached hydrogens (primary N) is 2. The fourth-order valence-corrected chi connectivity index (χ4v) is 1.19. The van der Waals surface area contributed by atoms with Crippen molar-refractivity contribution in [3.8, 4) is 0 Å². The zero-order valence-electron chi connectivity index (χ0n) is 7.87. The maximum absolute atomic E-state index is 5.76. The minimum Gasteiger partial charge on any atom is -0.369 e. The summed E-state index contributed by atoms with van der Waals surface area (Å²) in [6, 6.07) is 7.40. The van der Waals surface area contributed by atoms with E-state index < -0.39 is 0 Å². The van der Waals surface area contributed by atoms with Crippen LogP contribution in [-0.4, -0.2) is 5.96 Å². The fraction of sp³-hybridized carbons (Fsp3) is 0.222. The van der Waals surface area contributed by atoms with Gasteiger partial charge in [-0.15, -0.1) is 0 Å². The lowest BCUT2D eigenvalue weighted by Gasteiger charge is -2.08. The van der Waals surface area contributed by atoms with Gasteiger partial charge in [0.15, 0.2) is 0 Å². The van der Waals surface area contributed by atoms with Crippen molar-refractivity contribution in [1.82, 2.24) is 5.43 Å². The van der Waals surface area contributed by atoms with Gasteiger partial charge in [0, 0.05) is 5.02 Å². The number of hydrogen-bond donors (Lipinski definition) is 3. The fourth-order valence-electron chi connectivity index (χ4n) is 1.06. The summed E-state index contributed by atoms with van der Waals surface area (Å²) < 4.78 is 0. The first-order chi connectivity index (χ1) is 6.63. The molecule has 0 bridgehead atoms. The van der Waals surface area contributed by atoms with Gasteiger partial charge in [0.1, 0.15) is 0 Å². The highest BCUT2D eigenvalue weighted by Crippen LogP contribution is 2.18. The molecule has 0 radical (unpaired) electrons. The number of rotatable bonds is 2. The smallest absolute Gasteiger partial charge is 0.203 e. The number of nitrogens with one attached hydrogen (secondary N) is 1. The van der Waals surface area contributed by atoms with Gasteiger partial charge < -0.3 is 5.73 Å². The first-order valence-corrected chi connectivity index (χ1v) is 4.56. The highest BCUT2D eigenvalue weighted by Gasteiger charge is 2.03. The van der Waals surface area contributed by atoms with Crippen molar-refractivity contribution in [3.63, 3.8) is 0 Å². The van der Waals surface area contributed by atoms with Crippen LogP contribution in [0.2, 0.25) is 5.02 Å². The predicted molar refractivity (Wildman–Crippen MR) is 58.8 cm³/mol. The monoisotopic (exact) mass is 212 g/mol. The van der Waals surface area contributed by atoms with Crippen molar-refractivity contribution in [2.24, 2.45) is 16.6 Å². The van der Waals surface area contributed by atoms with Crippen LogP contribution in [0.1, 0.15) is 18.5 Å². The van der Waals surface area contributed by atoms with Crippen molar-refractivity contribution in [2.45, 2.75) is 13.0 Å². The van der Waals surface area contributed by atoms with E-state index in [9.17, 15) is 0 Å². The molecule has 5 N–H and O–H groups in total. The highest BCUT2D eigenvalue weighted by molar-refractivity contribution is 6.30. The molecule has 0 saturated heterocycles. The topological polar surface area (TPSA) is 76.4 Å². The molecule has 1 aromatic rings. The summed E-state index contributed by atoms with van der Waals surface area (Å²) >= 11 is 5.76. The Morgan fingerprint density at radius 3 is 2.50 bits per heavy atom. The van der Waals surface area contributed by atoms with E-state index in [-0.39, 0.29) is 12.0 Å². The van der Waals surface area contributed by atoms with Crippen molar-refractivity contribution in [1.29, 1.82) is 0 Å². The van der Waals surface area contributed by atoms with Crippen LogP contribution >= 0.6 is 11.6 Å². The number of hydrogen-bond acceptors (Lipinski definition) is 2. The number of hydrazine groups is 1. The van der Waals surface area contributed by atoms with E-state index in [0.29, 0.717) is 5.02 Å². The largest absolute Gasteiger partial charge is 0.369 e. The lowest BCUT2D eigenvalue weighted by Crippen LogP contribution is -2.37. The molecule has 5 heteroatoms. The summed E-state index contributed by atoms with van der Waals surface area (Å²) in [6.07, 6.45) is 0. The van der Waals surface area contributed by atoms with Gasteiger partial charge in [-0.3, -0.25) is 5.43 Å². The van der Waals surface area contributed by atoms with E-state index in [1.165, 1.54) is 0 Å². The van der Waals surface area contributed by atoms with E-state index in [1.54, 1.807) is 0 Å². The van der Waals surface area contributed by atoms with Gasteiger partial charge in [0.05, 0.1) is 6.04 Å². The molecule has 0 aliphatic carbocycles. The van der Waals surface area contributed by atoms with Crippen molar-refractivity contribution in [3.05, 3.63) is 34.9 Å². The van der Waals surface area contributed by atoms with Crippen molar-refractivity contribution < 1.29 is 0 Å². The lowest BCUT2D eigenvalue weighted by molar-refractivity contribution is 0.801. The van der Waals surface area contributed by atoms with E-state index in [0.717, 1.165) is 5.56 Å². The Kier molecular flexibility index (Phi) is 3.73. The van der Waals surface area contributed by atoms with Gasteiger partial charge in [-0.1, -0.05) is 23.7 Å². The molecule has 4 nitrogen and oxygen atoms in total. The molecule has 0 fully saturated rings. The number of halogens is 1. The molecule has 1 atom stereocenters. The highest BCUT2D eigenvalue weighted by atomic mass is 35.5. The second-order valence-electron chi connectivity index (χ2n) is 2.89. The van der Waals surface area contributed by atoms with Gasteiger partial charge in [0.2, 0.25) is 5.96 Å². The number of guanidine groups is 1. The van der Waals surface area contributed by atoms with Gasteiger partial charge in [-0.05, 0) is 24.6 Å². The molecular formula is C9H13ClN4. The summed E-state index contributed by atoms with van der Waals surface area (Å²) in [6.45, 7) is 1.92. The number of aliphatic imine (C=N–C) groups is 1. The van der Waals surface area contributed by atoms with Crippen LogP contribution in [0, 0.1) is 0 Å². The van der Waals surface area contributed by atoms with Gasteiger partial charge in [-0.25, -0.2) is 10.8 Å². The first kappa shape index (κ1) is 10.8. The Hall–Kier alpha value is -1.26. The normalized spacial score (nSPS) is 13.8. The maximum atomic E-state index is 5.76. The van der Waals surface area contributed by atoms with E-state index >= 15 is 0 Å². The molecule has 0 amide bonds. The number of benzene rings is 1. The summed E-state index contributed by atoms with van der Waals surface area (Å²) in [4.78, 5) is 4.11. The third kappa shape index (κ3) is 2.90. The van der Waals surface area contributed by atoms with Crippen LogP contribution in [0.5, 0.6) is 0 Å². The summed E-state index contributed by atoms with van der Waals surface area (Å²) in [5.41, 5.74) is 8.74. The van der Waals surface area contributed by atoms with Gasteiger partial charge in [-0.2, -0.15) is 0 Å². The van der Waals surface area contributed by atoms with Crippen LogP contribution < -0.4 is 17.0 Å². The molecule has 0 spiro atoms. The van der Waals surface area contributed by atoms with Gasteiger partial charge >= 0.3 is 0 Å². The van der Waals surface area contributed by atoms with Crippen LogP contribution in [0.15, 0.2) is 29.3 Å². The summed E-state index contributed by atoms with van der Waals surface area (Å²) in [5, 5.41) is 0.704. The zero-order valence-corrected chi connectivity index (χ0v) is 8.62. The minimum absolute atomic E-state index is 0.0386. The number of nitrogens with zero attached hydrogens (tertiary/aromatic N) is 1. The average molecular weight is 213 g/mol. The minimum atomic E-state index is -0.0386. The van der Waals surface area contributed by atoms with E-state index in [2.05, 4.69) is 10.4 Å². The molecule has 1 aromatic carbocycles. The van der Waals surface area contributed by atoms with Crippen molar-refractivity contribution in [2.75, 3.05) is 0 Å². The molecule has 0 heterocycles. The Morgan fingerprint density at radius 2 is 2.00 bits per heavy atom. The van der Waals surface area contributed by atoms with E-state index in [4.69, 9.17) is 23.2 Å². The zero-order chi connectivity index (χ0) is 10.6. The molecule has 14 heavy (non-hydrogen) atoms. The third-order valence-electron chi connectivity index (χ3n) is 1.83. The van der Waals surface area contributed by atoms with Crippen LogP contribution in [0.4, 0.5) is 0 Å². The Morgan fingerprint density at radius 1 is 1.43 bits per heavy atom. The molecule has 0 aliphatic heterocycles. The Labute approximate surface area is 87.9 Å². The third-order valence-corrected chi connectivity index (χ3v) is 2.09. The average Bonchev–Trinajstić information content (AvgIpc) is 2.18. The molecule has 76 valence electrons.